The van der Waals surface area contributed by atoms with Crippen LogP contribution >= 0.6 is 11.3 Å². The van der Waals surface area contributed by atoms with Gasteiger partial charge in [0.15, 0.2) is 5.82 Å². The summed E-state index contributed by atoms with van der Waals surface area (Å²) in [5.74, 6) is -0.728. The molecule has 0 radical (unpaired) electrons. The van der Waals surface area contributed by atoms with E-state index in [1.807, 2.05) is 54.6 Å². The molecular weight excluding hydrogens is 600 g/mol. The topological polar surface area (TPSA) is 131 Å². The molecular formula is C36H42N4O5S. The standard InChI is InChI=1S/C36H42N4O5S/c1-6-7-8-19-45-28-15-13-25(14-16-28)27-21-37-32(38-22-27)26-11-9-24(10-12-26)20-29(33(41)39-23(2)35(43)44)40-34(42)30-17-18-31(46-30)36(3,4)5/h9-18,21-23,29H,6-8,19-20H2,1-5H3,(H,39,41)(H,40,42)(H,43,44). The van der Waals surface area contributed by atoms with Crippen LogP contribution in [-0.2, 0) is 21.4 Å². The first kappa shape index (κ1) is 34.3. The van der Waals surface area contributed by atoms with Gasteiger partial charge < -0.3 is 20.5 Å². The van der Waals surface area contributed by atoms with E-state index in [0.29, 0.717) is 17.3 Å². The molecule has 0 spiro atoms. The molecule has 4 aromatic rings. The van der Waals surface area contributed by atoms with Gasteiger partial charge in [-0.15, -0.1) is 11.3 Å². The minimum Gasteiger partial charge on any atom is -0.494 e. The van der Waals surface area contributed by atoms with Crippen molar-refractivity contribution >= 4 is 29.1 Å². The van der Waals surface area contributed by atoms with Crippen molar-refractivity contribution in [1.29, 1.82) is 0 Å². The van der Waals surface area contributed by atoms with Gasteiger partial charge in [0, 0.05) is 34.8 Å². The summed E-state index contributed by atoms with van der Waals surface area (Å²) in [6.07, 6.45) is 7.08. The molecule has 2 heterocycles. The Morgan fingerprint density at radius 3 is 2.11 bits per heavy atom. The van der Waals surface area contributed by atoms with E-state index in [-0.39, 0.29) is 17.7 Å². The summed E-state index contributed by atoms with van der Waals surface area (Å²) in [4.78, 5) is 48.3. The average Bonchev–Trinajstić information content (AvgIpc) is 3.55. The first-order chi connectivity index (χ1) is 21.9. The number of unbranched alkanes of at least 4 members (excludes halogenated alkanes) is 2. The van der Waals surface area contributed by atoms with Crippen LogP contribution in [-0.4, -0.2) is 51.5 Å². The van der Waals surface area contributed by atoms with E-state index in [9.17, 15) is 19.5 Å². The van der Waals surface area contributed by atoms with Crippen molar-refractivity contribution in [3.8, 4) is 28.3 Å². The van der Waals surface area contributed by atoms with Gasteiger partial charge in [0.2, 0.25) is 5.91 Å². The van der Waals surface area contributed by atoms with Crippen LogP contribution in [0.1, 0.15) is 74.0 Å². The average molecular weight is 643 g/mol. The number of carboxylic acid groups (broad SMARTS) is 1. The highest BCUT2D eigenvalue weighted by molar-refractivity contribution is 7.14. The Labute approximate surface area is 274 Å². The van der Waals surface area contributed by atoms with Crippen molar-refractivity contribution in [2.45, 2.75) is 77.8 Å². The number of rotatable bonds is 14. The monoisotopic (exact) mass is 642 g/mol. The fourth-order valence-electron chi connectivity index (χ4n) is 4.61. The number of hydrogen-bond acceptors (Lipinski definition) is 7. The molecule has 0 aliphatic heterocycles. The zero-order valence-electron chi connectivity index (χ0n) is 27.0. The van der Waals surface area contributed by atoms with Gasteiger partial charge in [0.1, 0.15) is 17.8 Å². The predicted octanol–water partition coefficient (Wildman–Crippen LogP) is 6.67. The molecule has 46 heavy (non-hydrogen) atoms. The fourth-order valence-corrected chi connectivity index (χ4v) is 5.58. The van der Waals surface area contributed by atoms with Gasteiger partial charge >= 0.3 is 5.97 Å². The van der Waals surface area contributed by atoms with Crippen LogP contribution in [0.15, 0.2) is 73.1 Å². The Balaban J connectivity index is 1.43. The lowest BCUT2D eigenvalue weighted by Crippen LogP contribution is -2.51. The van der Waals surface area contributed by atoms with Crippen LogP contribution in [0.2, 0.25) is 0 Å². The van der Waals surface area contributed by atoms with Crippen LogP contribution in [0.5, 0.6) is 5.75 Å². The van der Waals surface area contributed by atoms with Crippen molar-refractivity contribution in [3.05, 3.63) is 88.4 Å². The number of aliphatic carboxylic acids is 1. The zero-order chi connectivity index (χ0) is 33.3. The number of carboxylic acids is 1. The quantitative estimate of drug-likeness (QED) is 0.131. The smallest absolute Gasteiger partial charge is 0.325 e. The molecule has 0 fully saturated rings. The molecule has 0 saturated heterocycles. The first-order valence-corrected chi connectivity index (χ1v) is 16.3. The van der Waals surface area contributed by atoms with Gasteiger partial charge in [-0.05, 0) is 54.2 Å². The number of hydrogen-bond donors (Lipinski definition) is 3. The molecule has 0 bridgehead atoms. The second-order valence-corrected chi connectivity index (χ2v) is 13.4. The summed E-state index contributed by atoms with van der Waals surface area (Å²) >= 11 is 1.37. The fraction of sp³-hybridized carbons (Fsp3) is 0.361. The van der Waals surface area contributed by atoms with Gasteiger partial charge in [0.25, 0.3) is 5.91 Å². The minimum absolute atomic E-state index is 0.114. The maximum absolute atomic E-state index is 13.1. The second-order valence-electron chi connectivity index (χ2n) is 12.3. The molecule has 9 nitrogen and oxygen atoms in total. The third kappa shape index (κ3) is 9.47. The summed E-state index contributed by atoms with van der Waals surface area (Å²) < 4.78 is 5.80. The van der Waals surface area contributed by atoms with Crippen molar-refractivity contribution in [3.63, 3.8) is 0 Å². The molecule has 2 atom stereocenters. The number of nitrogens with one attached hydrogen (secondary N) is 2. The highest BCUT2D eigenvalue weighted by Gasteiger charge is 2.26. The van der Waals surface area contributed by atoms with Crippen molar-refractivity contribution < 1.29 is 24.2 Å². The third-order valence-corrected chi connectivity index (χ3v) is 8.94. The zero-order valence-corrected chi connectivity index (χ0v) is 27.8. The van der Waals surface area contributed by atoms with Crippen molar-refractivity contribution in [2.75, 3.05) is 6.61 Å². The summed E-state index contributed by atoms with van der Waals surface area (Å²) in [6.45, 7) is 10.5. The minimum atomic E-state index is -1.16. The number of thiophene rings is 1. The van der Waals surface area contributed by atoms with Crippen LogP contribution in [0.4, 0.5) is 0 Å². The maximum atomic E-state index is 13.1. The Bertz CT molecular complexity index is 1610. The van der Waals surface area contributed by atoms with Gasteiger partial charge in [-0.3, -0.25) is 14.4 Å². The number of ether oxygens (including phenoxy) is 1. The largest absolute Gasteiger partial charge is 0.494 e. The number of amides is 2. The molecule has 0 aliphatic rings. The summed E-state index contributed by atoms with van der Waals surface area (Å²) in [6, 6.07) is 16.9. The predicted molar refractivity (Wildman–Crippen MR) is 181 cm³/mol. The number of carbonyl (C=O) groups is 3. The number of benzene rings is 2. The van der Waals surface area contributed by atoms with E-state index in [0.717, 1.165) is 52.1 Å². The maximum Gasteiger partial charge on any atom is 0.325 e. The lowest BCUT2D eigenvalue weighted by molar-refractivity contribution is -0.141. The highest BCUT2D eigenvalue weighted by Crippen LogP contribution is 2.29. The lowest BCUT2D eigenvalue weighted by atomic mass is 9.95. The van der Waals surface area contributed by atoms with E-state index < -0.39 is 24.0 Å². The third-order valence-electron chi connectivity index (χ3n) is 7.43. The summed E-state index contributed by atoms with van der Waals surface area (Å²) in [5.41, 5.74) is 3.34. The van der Waals surface area contributed by atoms with E-state index in [1.165, 1.54) is 18.3 Å². The highest BCUT2D eigenvalue weighted by atomic mass is 32.1. The molecule has 2 unspecified atom stereocenters. The van der Waals surface area contributed by atoms with Crippen LogP contribution < -0.4 is 15.4 Å². The number of aromatic nitrogens is 2. The van der Waals surface area contributed by atoms with Gasteiger partial charge in [0.05, 0.1) is 11.5 Å². The molecule has 0 saturated carbocycles. The summed E-state index contributed by atoms with van der Waals surface area (Å²) in [7, 11) is 0. The van der Waals surface area contributed by atoms with Crippen LogP contribution in [0.3, 0.4) is 0 Å². The summed E-state index contributed by atoms with van der Waals surface area (Å²) in [5, 5.41) is 14.6. The van der Waals surface area contributed by atoms with E-state index in [1.54, 1.807) is 18.5 Å². The van der Waals surface area contributed by atoms with Crippen LogP contribution in [0, 0.1) is 0 Å². The molecule has 3 N–H and O–H groups in total. The van der Waals surface area contributed by atoms with Gasteiger partial charge in [-0.25, -0.2) is 9.97 Å². The molecule has 2 aromatic heterocycles. The Morgan fingerprint density at radius 2 is 1.52 bits per heavy atom. The van der Waals surface area contributed by atoms with E-state index in [2.05, 4.69) is 48.3 Å². The first-order valence-electron chi connectivity index (χ1n) is 15.5. The van der Waals surface area contributed by atoms with Crippen LogP contribution in [0.25, 0.3) is 22.5 Å². The van der Waals surface area contributed by atoms with Crippen molar-refractivity contribution in [1.82, 2.24) is 20.6 Å². The molecule has 2 aromatic carbocycles. The number of nitrogens with zero attached hydrogens (tertiary/aromatic N) is 2. The lowest BCUT2D eigenvalue weighted by Gasteiger charge is -2.20. The second kappa shape index (κ2) is 15.6. The Morgan fingerprint density at radius 1 is 0.870 bits per heavy atom. The molecule has 10 heteroatoms. The van der Waals surface area contributed by atoms with E-state index in [4.69, 9.17) is 4.74 Å². The molecule has 2 amide bonds. The Kier molecular flexibility index (Phi) is 11.7. The SMILES string of the molecule is CCCCCOc1ccc(-c2cnc(-c3ccc(CC(NC(=O)c4ccc(C(C)(C)C)s4)C(=O)NC(C)C(=O)O)cc3)nc2)cc1. The van der Waals surface area contributed by atoms with E-state index >= 15 is 0 Å². The molecule has 0 aliphatic carbocycles. The van der Waals surface area contributed by atoms with Gasteiger partial charge in [-0.2, -0.15) is 0 Å². The number of carbonyl (C=O) groups excluding carboxylic acids is 2. The van der Waals surface area contributed by atoms with Crippen molar-refractivity contribution in [2.24, 2.45) is 0 Å². The Hall–Kier alpha value is -4.57. The molecule has 242 valence electrons. The molecule has 4 rings (SSSR count). The van der Waals surface area contributed by atoms with Gasteiger partial charge in [-0.1, -0.05) is 76.9 Å². The normalized spacial score (nSPS) is 12.6.